The van der Waals surface area contributed by atoms with Crippen molar-refractivity contribution in [1.29, 1.82) is 0 Å². The molecule has 2 aromatic rings. The second-order valence-electron chi connectivity index (χ2n) is 5.11. The van der Waals surface area contributed by atoms with Crippen LogP contribution in [0.5, 0.6) is 5.75 Å². The van der Waals surface area contributed by atoms with E-state index in [4.69, 9.17) is 9.47 Å². The fourth-order valence-electron chi connectivity index (χ4n) is 2.24. The van der Waals surface area contributed by atoms with Crippen LogP contribution in [-0.2, 0) is 15.7 Å². The minimum Gasteiger partial charge on any atom is -0.497 e. The molecule has 132 valence electrons. The van der Waals surface area contributed by atoms with Crippen molar-refractivity contribution < 1.29 is 27.4 Å². The van der Waals surface area contributed by atoms with Gasteiger partial charge in [-0.3, -0.25) is 0 Å². The van der Waals surface area contributed by atoms with Gasteiger partial charge >= 0.3 is 12.1 Å². The summed E-state index contributed by atoms with van der Waals surface area (Å²) in [7, 11) is 1.53. The summed E-state index contributed by atoms with van der Waals surface area (Å²) in [5.41, 5.74) is 0.858. The molecule has 0 amide bonds. The van der Waals surface area contributed by atoms with Crippen molar-refractivity contribution in [3.63, 3.8) is 0 Å². The van der Waals surface area contributed by atoms with E-state index in [9.17, 15) is 18.0 Å². The largest absolute Gasteiger partial charge is 0.497 e. The summed E-state index contributed by atoms with van der Waals surface area (Å²) >= 11 is 0. The Hall–Kier alpha value is -2.76. The first-order chi connectivity index (χ1) is 11.8. The fourth-order valence-corrected chi connectivity index (χ4v) is 2.24. The molecule has 2 rings (SSSR count). The van der Waals surface area contributed by atoms with Gasteiger partial charge in [0.15, 0.2) is 0 Å². The number of esters is 1. The molecule has 0 aromatic heterocycles. The zero-order chi connectivity index (χ0) is 18.4. The Labute approximate surface area is 143 Å². The van der Waals surface area contributed by atoms with Crippen molar-refractivity contribution in [3.8, 4) is 5.75 Å². The number of carbonyl (C=O) groups is 1. The lowest BCUT2D eigenvalue weighted by Gasteiger charge is -2.12. The average Bonchev–Trinajstić information content (AvgIpc) is 2.59. The lowest BCUT2D eigenvalue weighted by molar-refractivity contribution is -0.138. The van der Waals surface area contributed by atoms with Crippen LogP contribution in [0.25, 0.3) is 5.57 Å². The number of ether oxygens (including phenoxy) is 2. The van der Waals surface area contributed by atoms with Crippen molar-refractivity contribution in [2.24, 2.45) is 0 Å². The molecule has 0 radical (unpaired) electrons. The van der Waals surface area contributed by atoms with Gasteiger partial charge in [0.2, 0.25) is 0 Å². The van der Waals surface area contributed by atoms with Crippen molar-refractivity contribution >= 4 is 11.5 Å². The summed E-state index contributed by atoms with van der Waals surface area (Å²) in [6, 6.07) is 11.5. The molecule has 0 aliphatic heterocycles. The minimum absolute atomic E-state index is 0.207. The predicted octanol–water partition coefficient (Wildman–Crippen LogP) is 4.71. The van der Waals surface area contributed by atoms with Crippen molar-refractivity contribution in [1.82, 2.24) is 0 Å². The first-order valence-corrected chi connectivity index (χ1v) is 7.55. The van der Waals surface area contributed by atoms with Crippen LogP contribution in [0.4, 0.5) is 13.2 Å². The molecule has 0 saturated heterocycles. The van der Waals surface area contributed by atoms with Gasteiger partial charge in [0.1, 0.15) is 5.75 Å². The number of hydrogen-bond acceptors (Lipinski definition) is 3. The Balaban J connectivity index is 2.45. The van der Waals surface area contributed by atoms with Gasteiger partial charge in [0, 0.05) is 6.08 Å². The molecule has 0 aliphatic rings. The highest BCUT2D eigenvalue weighted by atomic mass is 19.4. The van der Waals surface area contributed by atoms with E-state index in [2.05, 4.69) is 0 Å². The Bertz CT molecular complexity index is 745. The maximum absolute atomic E-state index is 12.7. The maximum Gasteiger partial charge on any atom is 0.416 e. The van der Waals surface area contributed by atoms with Crippen LogP contribution in [0.2, 0.25) is 0 Å². The SMILES string of the molecule is CCOC(=O)/C=C(\c1ccc(OC)cc1)c1ccc(C(F)(F)F)cc1. The Morgan fingerprint density at radius 3 is 1.96 bits per heavy atom. The topological polar surface area (TPSA) is 35.5 Å². The van der Waals surface area contributed by atoms with Crippen molar-refractivity contribution in [3.05, 3.63) is 71.3 Å². The second-order valence-corrected chi connectivity index (χ2v) is 5.11. The van der Waals surface area contributed by atoms with Gasteiger partial charge in [-0.05, 0) is 47.9 Å². The van der Waals surface area contributed by atoms with Crippen molar-refractivity contribution in [2.75, 3.05) is 13.7 Å². The third-order valence-electron chi connectivity index (χ3n) is 3.47. The highest BCUT2D eigenvalue weighted by Gasteiger charge is 2.30. The predicted molar refractivity (Wildman–Crippen MR) is 88.2 cm³/mol. The first-order valence-electron chi connectivity index (χ1n) is 7.55. The van der Waals surface area contributed by atoms with E-state index in [-0.39, 0.29) is 6.61 Å². The van der Waals surface area contributed by atoms with E-state index >= 15 is 0 Å². The molecule has 25 heavy (non-hydrogen) atoms. The van der Waals surface area contributed by atoms with E-state index in [1.54, 1.807) is 31.2 Å². The summed E-state index contributed by atoms with van der Waals surface area (Å²) < 4.78 is 48.2. The first kappa shape index (κ1) is 18.6. The van der Waals surface area contributed by atoms with E-state index in [1.165, 1.54) is 25.3 Å². The van der Waals surface area contributed by atoms with E-state index in [1.807, 2.05) is 0 Å². The molecule has 0 unspecified atom stereocenters. The van der Waals surface area contributed by atoms with Crippen LogP contribution in [0.15, 0.2) is 54.6 Å². The van der Waals surface area contributed by atoms with Crippen LogP contribution in [-0.4, -0.2) is 19.7 Å². The van der Waals surface area contributed by atoms with Crippen LogP contribution in [0.3, 0.4) is 0 Å². The summed E-state index contributed by atoms with van der Waals surface area (Å²) in [6.07, 6.45) is -3.14. The second kappa shape index (κ2) is 7.88. The molecule has 0 saturated carbocycles. The molecule has 0 bridgehead atoms. The zero-order valence-electron chi connectivity index (χ0n) is 13.8. The smallest absolute Gasteiger partial charge is 0.416 e. The van der Waals surface area contributed by atoms with Gasteiger partial charge in [-0.25, -0.2) is 4.79 Å². The van der Waals surface area contributed by atoms with E-state index in [0.29, 0.717) is 22.4 Å². The Kier molecular flexibility index (Phi) is 5.85. The average molecular weight is 350 g/mol. The molecule has 0 N–H and O–H groups in total. The molecule has 3 nitrogen and oxygen atoms in total. The standard InChI is InChI=1S/C19H17F3O3/c1-3-25-18(23)12-17(14-6-10-16(24-2)11-7-14)13-4-8-15(9-5-13)19(20,21)22/h4-12H,3H2,1-2H3/b17-12-. The molecule has 6 heteroatoms. The Morgan fingerprint density at radius 2 is 1.52 bits per heavy atom. The fraction of sp³-hybridized carbons (Fsp3) is 0.211. The highest BCUT2D eigenvalue weighted by Crippen LogP contribution is 2.31. The van der Waals surface area contributed by atoms with Gasteiger partial charge in [-0.15, -0.1) is 0 Å². The molecular weight excluding hydrogens is 333 g/mol. The lowest BCUT2D eigenvalue weighted by atomic mass is 9.96. The maximum atomic E-state index is 12.7. The monoisotopic (exact) mass is 350 g/mol. The van der Waals surface area contributed by atoms with Crippen molar-refractivity contribution in [2.45, 2.75) is 13.1 Å². The number of halogens is 3. The molecule has 0 fully saturated rings. The normalized spacial score (nSPS) is 12.0. The minimum atomic E-state index is -4.41. The number of methoxy groups -OCH3 is 1. The summed E-state index contributed by atoms with van der Waals surface area (Å²) in [6.45, 7) is 1.88. The number of carbonyl (C=O) groups excluding carboxylic acids is 1. The van der Waals surface area contributed by atoms with Crippen LogP contribution < -0.4 is 4.74 Å². The van der Waals surface area contributed by atoms with Crippen LogP contribution in [0, 0.1) is 0 Å². The number of hydrogen-bond donors (Lipinski definition) is 0. The van der Waals surface area contributed by atoms with Crippen LogP contribution >= 0.6 is 0 Å². The van der Waals surface area contributed by atoms with E-state index < -0.39 is 17.7 Å². The third kappa shape index (κ3) is 4.86. The number of alkyl halides is 3. The third-order valence-corrected chi connectivity index (χ3v) is 3.47. The lowest BCUT2D eigenvalue weighted by Crippen LogP contribution is -2.05. The summed E-state index contributed by atoms with van der Waals surface area (Å²) in [5.74, 6) is 0.0693. The molecule has 0 atom stereocenters. The molecule has 0 heterocycles. The van der Waals surface area contributed by atoms with Gasteiger partial charge in [-0.1, -0.05) is 24.3 Å². The quantitative estimate of drug-likeness (QED) is 0.579. The van der Waals surface area contributed by atoms with Gasteiger partial charge in [0.25, 0.3) is 0 Å². The van der Waals surface area contributed by atoms with Crippen LogP contribution in [0.1, 0.15) is 23.6 Å². The number of rotatable bonds is 5. The Morgan fingerprint density at radius 1 is 1.00 bits per heavy atom. The van der Waals surface area contributed by atoms with Gasteiger partial charge in [-0.2, -0.15) is 13.2 Å². The summed E-state index contributed by atoms with van der Waals surface area (Å²) in [4.78, 5) is 11.8. The summed E-state index contributed by atoms with van der Waals surface area (Å²) in [5, 5.41) is 0. The zero-order valence-corrected chi connectivity index (χ0v) is 13.8. The van der Waals surface area contributed by atoms with Gasteiger partial charge < -0.3 is 9.47 Å². The molecule has 0 spiro atoms. The molecule has 2 aromatic carbocycles. The van der Waals surface area contributed by atoms with Gasteiger partial charge in [0.05, 0.1) is 19.3 Å². The molecular formula is C19H17F3O3. The highest BCUT2D eigenvalue weighted by molar-refractivity contribution is 5.96. The van der Waals surface area contributed by atoms with E-state index in [0.717, 1.165) is 12.1 Å². The molecule has 0 aliphatic carbocycles. The number of benzene rings is 2.